The first-order valence-electron chi connectivity index (χ1n) is 25.1. The molecule has 0 aromatic heterocycles. The summed E-state index contributed by atoms with van der Waals surface area (Å²) >= 11 is 0. The summed E-state index contributed by atoms with van der Waals surface area (Å²) in [4.78, 5) is 0. The van der Waals surface area contributed by atoms with Crippen molar-refractivity contribution in [3.63, 3.8) is 0 Å². The van der Waals surface area contributed by atoms with Crippen molar-refractivity contribution in [1.29, 1.82) is 0 Å². The Balaban J connectivity index is 0.000000145. The van der Waals surface area contributed by atoms with Crippen molar-refractivity contribution in [3.8, 4) is 0 Å². The molecular weight excluding hydrogens is 793 g/mol. The van der Waals surface area contributed by atoms with Gasteiger partial charge < -0.3 is 0 Å². The predicted molar refractivity (Wildman–Crippen MR) is 274 cm³/mol. The Labute approximate surface area is 392 Å². The fourth-order valence-corrected chi connectivity index (χ4v) is 14.8. The van der Waals surface area contributed by atoms with E-state index in [-0.39, 0.29) is 0 Å². The van der Waals surface area contributed by atoms with Crippen LogP contribution in [-0.2, 0) is 0 Å². The van der Waals surface area contributed by atoms with Gasteiger partial charge in [0.05, 0.1) is 0 Å². The molecule has 8 aromatic rings. The van der Waals surface area contributed by atoms with Gasteiger partial charge in [0, 0.05) is 35.5 Å². The molecule has 9 aliphatic rings. The van der Waals surface area contributed by atoms with Crippen molar-refractivity contribution in [2.75, 3.05) is 0 Å². The number of hydrogen-bond donors (Lipinski definition) is 0. The van der Waals surface area contributed by atoms with Gasteiger partial charge in [0.2, 0.25) is 0 Å². The van der Waals surface area contributed by atoms with Gasteiger partial charge in [-0.3, -0.25) is 0 Å². The van der Waals surface area contributed by atoms with Crippen LogP contribution in [0.4, 0.5) is 0 Å². The van der Waals surface area contributed by atoms with Gasteiger partial charge in [-0.2, -0.15) is 0 Å². The SMILES string of the molecule is CC(C)c1c2c(c(C(C)C)c3c1C1c4ccccc4C3c3ccccc31)C1c3ccccc3C2c2ccccc21.CC(C)c1ccc(C(C)C)c2c1C1c3ccccc3C2c2ccccc21. The normalized spacial score (nSPS) is 21.0. The smallest absolute Gasteiger partial charge is 0.0352 e. The Morgan fingerprint density at radius 2 is 0.379 bits per heavy atom. The van der Waals surface area contributed by atoms with Crippen LogP contribution in [0.3, 0.4) is 0 Å². The van der Waals surface area contributed by atoms with Crippen LogP contribution in [0.2, 0.25) is 0 Å². The summed E-state index contributed by atoms with van der Waals surface area (Å²) < 4.78 is 0. The lowest BCUT2D eigenvalue weighted by atomic mass is 9.52. The van der Waals surface area contributed by atoms with Crippen LogP contribution in [0.25, 0.3) is 0 Å². The maximum absolute atomic E-state index is 2.45. The zero-order valence-corrected chi connectivity index (χ0v) is 39.8. The molecule has 324 valence electrons. The molecule has 0 atom stereocenters. The molecule has 0 unspecified atom stereocenters. The Hall–Kier alpha value is -6.24. The minimum atomic E-state index is 0.304. The van der Waals surface area contributed by atoms with E-state index in [0.717, 1.165) is 0 Å². The van der Waals surface area contributed by atoms with Crippen molar-refractivity contribution in [2.24, 2.45) is 0 Å². The molecule has 0 N–H and O–H groups in total. The average Bonchev–Trinajstić information content (AvgIpc) is 3.34. The lowest BCUT2D eigenvalue weighted by molar-refractivity contribution is 0.650. The van der Waals surface area contributed by atoms with Crippen LogP contribution in [0.5, 0.6) is 0 Å². The Bertz CT molecular complexity index is 2830. The van der Waals surface area contributed by atoms with Crippen LogP contribution in [0, 0.1) is 0 Å². The van der Waals surface area contributed by atoms with Crippen molar-refractivity contribution in [2.45, 2.75) is 115 Å². The summed E-state index contributed by atoms with van der Waals surface area (Å²) in [5.41, 5.74) is 34.4. The molecule has 0 heteroatoms. The van der Waals surface area contributed by atoms with Crippen molar-refractivity contribution < 1.29 is 0 Å². The Kier molecular flexibility index (Phi) is 8.88. The molecule has 17 rings (SSSR count). The van der Waals surface area contributed by atoms with Crippen LogP contribution in [0.15, 0.2) is 158 Å². The van der Waals surface area contributed by atoms with Crippen molar-refractivity contribution in [1.82, 2.24) is 0 Å². The second kappa shape index (κ2) is 14.6. The van der Waals surface area contributed by atoms with E-state index in [1.54, 1.807) is 44.5 Å². The van der Waals surface area contributed by atoms with Gasteiger partial charge in [-0.15, -0.1) is 0 Å². The first-order chi connectivity index (χ1) is 32.2. The molecule has 0 aliphatic heterocycles. The highest BCUT2D eigenvalue weighted by atomic mass is 14.5. The van der Waals surface area contributed by atoms with E-state index in [0.29, 0.717) is 59.2 Å². The van der Waals surface area contributed by atoms with Gasteiger partial charge in [-0.05, 0) is 146 Å². The molecule has 66 heavy (non-hydrogen) atoms. The van der Waals surface area contributed by atoms with E-state index in [1.165, 1.54) is 77.9 Å². The summed E-state index contributed by atoms with van der Waals surface area (Å²) in [5.74, 6) is 3.97. The van der Waals surface area contributed by atoms with Gasteiger partial charge in [0.25, 0.3) is 0 Å². The van der Waals surface area contributed by atoms with E-state index in [1.807, 2.05) is 0 Å². The van der Waals surface area contributed by atoms with E-state index in [2.05, 4.69) is 213 Å². The van der Waals surface area contributed by atoms with Gasteiger partial charge >= 0.3 is 0 Å². The summed E-state index contributed by atoms with van der Waals surface area (Å²) in [6.45, 7) is 19.2. The van der Waals surface area contributed by atoms with Crippen molar-refractivity contribution in [3.05, 3.63) is 280 Å². The summed E-state index contributed by atoms with van der Waals surface area (Å²) in [7, 11) is 0. The number of hydrogen-bond acceptors (Lipinski definition) is 0. The molecule has 0 radical (unpaired) electrons. The van der Waals surface area contributed by atoms with Crippen LogP contribution < -0.4 is 0 Å². The average molecular weight is 853 g/mol. The molecule has 0 nitrogen and oxygen atoms in total. The predicted octanol–water partition coefficient (Wildman–Crippen LogP) is 16.8. The van der Waals surface area contributed by atoms with Crippen molar-refractivity contribution >= 4 is 0 Å². The van der Waals surface area contributed by atoms with Gasteiger partial charge in [0.15, 0.2) is 0 Å². The molecule has 8 aromatic carbocycles. The molecule has 0 heterocycles. The van der Waals surface area contributed by atoms with Gasteiger partial charge in [-0.1, -0.05) is 213 Å². The maximum atomic E-state index is 2.45. The molecule has 9 aliphatic carbocycles. The topological polar surface area (TPSA) is 0 Å². The molecule has 0 fully saturated rings. The standard InChI is InChI=1S/C40H34.C26H26/c1-21(2)31-37-33-23-13-5-9-17-27(23)35(28-18-10-6-14-24(28)33)39(37)32(22(3)4)40-36-29-19-11-7-15-25(29)34(38(31)40)26-16-8-12-20-30(26)36;1-15(2)17-13-14-18(16(3)4)26-24-21-11-7-5-9-19(21)23(25(17)26)20-10-6-8-12-22(20)24/h5-22,33-36H,1-4H3;5-16,23-24H,1-4H3. The van der Waals surface area contributed by atoms with E-state index < -0.39 is 0 Å². The largest absolute Gasteiger partial charge is 0.0619 e. The first kappa shape index (κ1) is 40.1. The van der Waals surface area contributed by atoms with Crippen LogP contribution in [0.1, 0.15) is 237 Å². The lowest BCUT2D eigenvalue weighted by Gasteiger charge is -2.51. The van der Waals surface area contributed by atoms with Crippen LogP contribution in [-0.4, -0.2) is 0 Å². The minimum Gasteiger partial charge on any atom is -0.0619 e. The zero-order chi connectivity index (χ0) is 44.9. The maximum Gasteiger partial charge on any atom is 0.0352 e. The monoisotopic (exact) mass is 852 g/mol. The zero-order valence-electron chi connectivity index (χ0n) is 39.8. The first-order valence-corrected chi connectivity index (χ1v) is 25.1. The second-order valence-electron chi connectivity index (χ2n) is 21.5. The van der Waals surface area contributed by atoms with Gasteiger partial charge in [0.1, 0.15) is 0 Å². The lowest BCUT2D eigenvalue weighted by Crippen LogP contribution is -2.36. The molecular formula is C66H60. The Morgan fingerprint density at radius 1 is 0.212 bits per heavy atom. The highest BCUT2D eigenvalue weighted by Crippen LogP contribution is 2.66. The van der Waals surface area contributed by atoms with E-state index in [4.69, 9.17) is 0 Å². The third kappa shape index (κ3) is 5.22. The summed E-state index contributed by atoms with van der Waals surface area (Å²) in [5, 5.41) is 0. The molecule has 0 saturated heterocycles. The van der Waals surface area contributed by atoms with Crippen LogP contribution >= 0.6 is 0 Å². The fraction of sp³-hybridized carbons (Fsp3) is 0.273. The molecule has 0 spiro atoms. The third-order valence-electron chi connectivity index (χ3n) is 16.9. The summed E-state index contributed by atoms with van der Waals surface area (Å²) in [6, 6.07) is 60.5. The summed E-state index contributed by atoms with van der Waals surface area (Å²) in [6.07, 6.45) is 0. The number of rotatable bonds is 4. The number of benzene rings is 8. The molecule has 0 saturated carbocycles. The minimum absolute atomic E-state index is 0.304. The highest BCUT2D eigenvalue weighted by Gasteiger charge is 2.51. The quantitative estimate of drug-likeness (QED) is 0.165. The third-order valence-corrected chi connectivity index (χ3v) is 16.9. The van der Waals surface area contributed by atoms with Gasteiger partial charge in [-0.25, -0.2) is 0 Å². The van der Waals surface area contributed by atoms with E-state index in [9.17, 15) is 0 Å². The fourth-order valence-electron chi connectivity index (χ4n) is 14.8. The highest BCUT2D eigenvalue weighted by molar-refractivity contribution is 5.80. The molecule has 6 bridgehead atoms. The Morgan fingerprint density at radius 3 is 0.530 bits per heavy atom. The van der Waals surface area contributed by atoms with E-state index >= 15 is 0 Å². The second-order valence-corrected chi connectivity index (χ2v) is 21.5. The molecule has 0 amide bonds.